The zero-order valence-electron chi connectivity index (χ0n) is 18.5. The summed E-state index contributed by atoms with van der Waals surface area (Å²) in [5.74, 6) is -1.50. The van der Waals surface area contributed by atoms with Gasteiger partial charge >= 0.3 is 12.0 Å². The van der Waals surface area contributed by atoms with Crippen LogP contribution < -0.4 is 10.6 Å². The molecule has 1 heterocycles. The van der Waals surface area contributed by atoms with Crippen LogP contribution in [0.1, 0.15) is 25.8 Å². The fraction of sp³-hybridized carbons (Fsp3) is 0.458. The fourth-order valence-corrected chi connectivity index (χ4v) is 3.87. The van der Waals surface area contributed by atoms with Crippen molar-refractivity contribution in [3.05, 3.63) is 48.0 Å². The van der Waals surface area contributed by atoms with E-state index in [2.05, 4.69) is 10.6 Å². The van der Waals surface area contributed by atoms with E-state index in [0.717, 1.165) is 16.3 Å². The number of urea groups is 1. The first-order valence-electron chi connectivity index (χ1n) is 11.0. The minimum absolute atomic E-state index is 0.0934. The number of carboxylic acids is 1. The molecule has 2 aromatic rings. The Morgan fingerprint density at radius 3 is 2.38 bits per heavy atom. The molecule has 3 N–H and O–H groups in total. The molecule has 172 valence electrons. The molecule has 1 aliphatic heterocycles. The van der Waals surface area contributed by atoms with Crippen molar-refractivity contribution in [2.75, 3.05) is 26.3 Å². The molecule has 1 aliphatic rings. The maximum absolute atomic E-state index is 13.2. The van der Waals surface area contributed by atoms with Crippen molar-refractivity contribution in [3.8, 4) is 0 Å². The van der Waals surface area contributed by atoms with E-state index in [4.69, 9.17) is 4.74 Å². The number of carbonyl (C=O) groups excluding carboxylic acids is 2. The van der Waals surface area contributed by atoms with Gasteiger partial charge < -0.3 is 25.4 Å². The van der Waals surface area contributed by atoms with Gasteiger partial charge in [0.05, 0.1) is 13.2 Å². The van der Waals surface area contributed by atoms with Gasteiger partial charge in [0, 0.05) is 19.5 Å². The predicted octanol–water partition coefficient (Wildman–Crippen LogP) is 2.41. The monoisotopic (exact) mass is 441 g/mol. The second kappa shape index (κ2) is 10.9. The number of hydrogen-bond donors (Lipinski definition) is 3. The first-order chi connectivity index (χ1) is 15.3. The first kappa shape index (κ1) is 23.5. The molecule has 1 saturated heterocycles. The van der Waals surface area contributed by atoms with Crippen LogP contribution in [-0.2, 0) is 20.7 Å². The second-order valence-corrected chi connectivity index (χ2v) is 8.47. The van der Waals surface area contributed by atoms with E-state index < -0.39 is 24.0 Å². The summed E-state index contributed by atoms with van der Waals surface area (Å²) in [6.45, 7) is 5.58. The zero-order valence-corrected chi connectivity index (χ0v) is 18.5. The Labute approximate surface area is 187 Å². The molecule has 0 radical (unpaired) electrons. The van der Waals surface area contributed by atoms with Crippen molar-refractivity contribution >= 4 is 28.7 Å². The van der Waals surface area contributed by atoms with Gasteiger partial charge in [0.1, 0.15) is 12.1 Å². The summed E-state index contributed by atoms with van der Waals surface area (Å²) in [6, 6.07) is 11.4. The van der Waals surface area contributed by atoms with Crippen LogP contribution in [0.25, 0.3) is 10.8 Å². The summed E-state index contributed by atoms with van der Waals surface area (Å²) in [6.07, 6.45) is 0.552. The van der Waals surface area contributed by atoms with Gasteiger partial charge in [-0.15, -0.1) is 0 Å². The molecule has 0 saturated carbocycles. The lowest BCUT2D eigenvalue weighted by atomic mass is 9.97. The van der Waals surface area contributed by atoms with Crippen LogP contribution in [-0.4, -0.2) is 66.3 Å². The van der Waals surface area contributed by atoms with Gasteiger partial charge in [-0.25, -0.2) is 9.59 Å². The van der Waals surface area contributed by atoms with Gasteiger partial charge in [-0.3, -0.25) is 4.79 Å². The Balaban J connectivity index is 1.83. The van der Waals surface area contributed by atoms with E-state index >= 15 is 0 Å². The van der Waals surface area contributed by atoms with Crippen LogP contribution in [0.2, 0.25) is 0 Å². The van der Waals surface area contributed by atoms with E-state index in [-0.39, 0.29) is 18.4 Å². The number of amides is 3. The molecule has 8 nitrogen and oxygen atoms in total. The van der Waals surface area contributed by atoms with Gasteiger partial charge in [0.15, 0.2) is 0 Å². The SMILES string of the molecule is CC(C)C[C@H](NC(=O)[C@H](Cc1cccc2ccccc12)NC(=O)N1CCOCC1)C(=O)O. The molecule has 0 bridgehead atoms. The number of nitrogens with zero attached hydrogens (tertiary/aromatic N) is 1. The Bertz CT molecular complexity index is 950. The Morgan fingerprint density at radius 2 is 1.69 bits per heavy atom. The number of morpholine rings is 1. The minimum atomic E-state index is -1.09. The molecule has 2 atom stereocenters. The van der Waals surface area contributed by atoms with E-state index in [9.17, 15) is 19.5 Å². The highest BCUT2D eigenvalue weighted by Gasteiger charge is 2.29. The maximum Gasteiger partial charge on any atom is 0.326 e. The van der Waals surface area contributed by atoms with Crippen molar-refractivity contribution in [2.24, 2.45) is 5.92 Å². The van der Waals surface area contributed by atoms with Gasteiger partial charge in [-0.2, -0.15) is 0 Å². The molecule has 0 spiro atoms. The quantitative estimate of drug-likeness (QED) is 0.583. The molecule has 0 aliphatic carbocycles. The molecular weight excluding hydrogens is 410 g/mol. The topological polar surface area (TPSA) is 108 Å². The third kappa shape index (κ3) is 6.20. The highest BCUT2D eigenvalue weighted by Crippen LogP contribution is 2.20. The number of nitrogens with one attached hydrogen (secondary N) is 2. The van der Waals surface area contributed by atoms with Crippen LogP contribution >= 0.6 is 0 Å². The van der Waals surface area contributed by atoms with Crippen molar-refractivity contribution in [2.45, 2.75) is 38.8 Å². The van der Waals surface area contributed by atoms with E-state index in [0.29, 0.717) is 32.7 Å². The molecular formula is C24H31N3O5. The maximum atomic E-state index is 13.2. The third-order valence-corrected chi connectivity index (χ3v) is 5.54. The number of aliphatic carboxylic acids is 1. The summed E-state index contributed by atoms with van der Waals surface area (Å²) >= 11 is 0. The number of ether oxygens (including phenoxy) is 1. The number of benzene rings is 2. The lowest BCUT2D eigenvalue weighted by Gasteiger charge is -2.29. The molecule has 8 heteroatoms. The highest BCUT2D eigenvalue weighted by molar-refractivity contribution is 5.92. The summed E-state index contributed by atoms with van der Waals surface area (Å²) < 4.78 is 5.30. The Morgan fingerprint density at radius 1 is 1.00 bits per heavy atom. The van der Waals surface area contributed by atoms with Crippen LogP contribution in [0.5, 0.6) is 0 Å². The number of rotatable bonds is 8. The van der Waals surface area contributed by atoms with E-state index in [1.165, 1.54) is 0 Å². The normalized spacial score (nSPS) is 15.9. The number of fused-ring (bicyclic) bond motifs is 1. The Hall–Kier alpha value is -3.13. The molecule has 0 unspecified atom stereocenters. The molecule has 3 amide bonds. The standard InChI is InChI=1S/C24H31N3O5/c1-16(2)14-21(23(29)30)25-22(28)20(26-24(31)27-10-12-32-13-11-27)15-18-8-5-7-17-6-3-4-9-19(17)18/h3-9,16,20-21H,10-15H2,1-2H3,(H,25,28)(H,26,31)(H,29,30)/t20-,21-/m0/s1. The smallest absolute Gasteiger partial charge is 0.326 e. The predicted molar refractivity (Wildman–Crippen MR) is 121 cm³/mol. The summed E-state index contributed by atoms with van der Waals surface area (Å²) in [5.41, 5.74) is 0.904. The van der Waals surface area contributed by atoms with Crippen molar-refractivity contribution in [1.82, 2.24) is 15.5 Å². The molecule has 2 aromatic carbocycles. The third-order valence-electron chi connectivity index (χ3n) is 5.54. The van der Waals surface area contributed by atoms with Crippen LogP contribution in [0.15, 0.2) is 42.5 Å². The van der Waals surface area contributed by atoms with E-state index in [1.54, 1.807) is 4.90 Å². The Kier molecular flexibility index (Phi) is 8.05. The van der Waals surface area contributed by atoms with Crippen molar-refractivity contribution in [3.63, 3.8) is 0 Å². The molecule has 3 rings (SSSR count). The lowest BCUT2D eigenvalue weighted by Crippen LogP contribution is -2.56. The van der Waals surface area contributed by atoms with Crippen molar-refractivity contribution in [1.29, 1.82) is 0 Å². The average Bonchev–Trinajstić information content (AvgIpc) is 2.78. The molecule has 1 fully saturated rings. The zero-order chi connectivity index (χ0) is 23.1. The van der Waals surface area contributed by atoms with Crippen LogP contribution in [0, 0.1) is 5.92 Å². The minimum Gasteiger partial charge on any atom is -0.480 e. The lowest BCUT2D eigenvalue weighted by molar-refractivity contribution is -0.142. The summed E-state index contributed by atoms with van der Waals surface area (Å²) in [5, 5.41) is 17.0. The summed E-state index contributed by atoms with van der Waals surface area (Å²) in [4.78, 5) is 39.3. The number of hydrogen-bond acceptors (Lipinski definition) is 4. The molecule has 32 heavy (non-hydrogen) atoms. The molecule has 0 aromatic heterocycles. The van der Waals surface area contributed by atoms with E-state index in [1.807, 2.05) is 56.3 Å². The van der Waals surface area contributed by atoms with Gasteiger partial charge in [0.25, 0.3) is 0 Å². The number of carboxylic acid groups (broad SMARTS) is 1. The number of carbonyl (C=O) groups is 3. The van der Waals surface area contributed by atoms with Crippen LogP contribution in [0.4, 0.5) is 4.79 Å². The highest BCUT2D eigenvalue weighted by atomic mass is 16.5. The summed E-state index contributed by atoms with van der Waals surface area (Å²) in [7, 11) is 0. The second-order valence-electron chi connectivity index (χ2n) is 8.47. The average molecular weight is 442 g/mol. The van der Waals surface area contributed by atoms with Crippen LogP contribution in [0.3, 0.4) is 0 Å². The van der Waals surface area contributed by atoms with Gasteiger partial charge in [-0.1, -0.05) is 56.3 Å². The first-order valence-corrected chi connectivity index (χ1v) is 11.0. The largest absolute Gasteiger partial charge is 0.480 e. The van der Waals surface area contributed by atoms with Gasteiger partial charge in [-0.05, 0) is 28.7 Å². The fourth-order valence-electron chi connectivity index (χ4n) is 3.87. The van der Waals surface area contributed by atoms with Gasteiger partial charge in [0.2, 0.25) is 5.91 Å². The van der Waals surface area contributed by atoms with Crippen molar-refractivity contribution < 1.29 is 24.2 Å².